The van der Waals surface area contributed by atoms with Gasteiger partial charge < -0.3 is 15.2 Å². The number of anilines is 2. The number of aromatic nitrogens is 2. The Morgan fingerprint density at radius 1 is 0.975 bits per heavy atom. The lowest BCUT2D eigenvalue weighted by Crippen LogP contribution is -2.38. The van der Waals surface area contributed by atoms with Crippen LogP contribution in [0.5, 0.6) is 0 Å². The second-order valence-corrected chi connectivity index (χ2v) is 12.5. The fourth-order valence-corrected chi connectivity index (χ4v) is 6.97. The number of fused-ring (bicyclic) bond motifs is 1. The summed E-state index contributed by atoms with van der Waals surface area (Å²) in [6.07, 6.45) is 1.51. The minimum atomic E-state index is -3.66. The van der Waals surface area contributed by atoms with Crippen molar-refractivity contribution in [2.24, 2.45) is 5.92 Å². The third-order valence-corrected chi connectivity index (χ3v) is 9.76. The average molecular weight is 558 g/mol. The number of nitrogens with one attached hydrogen (secondary N) is 2. The molecular formula is C30H31N5O4S. The molecule has 2 N–H and O–H groups in total. The highest BCUT2D eigenvalue weighted by Crippen LogP contribution is 2.31. The van der Waals surface area contributed by atoms with E-state index in [0.717, 1.165) is 28.1 Å². The van der Waals surface area contributed by atoms with E-state index in [1.807, 2.05) is 55.5 Å². The van der Waals surface area contributed by atoms with E-state index in [9.17, 15) is 18.0 Å². The van der Waals surface area contributed by atoms with Crippen molar-refractivity contribution in [1.29, 1.82) is 0 Å². The van der Waals surface area contributed by atoms with Crippen LogP contribution in [0.1, 0.15) is 36.6 Å². The number of hydrogen-bond donors (Lipinski definition) is 2. The lowest BCUT2D eigenvalue weighted by Gasteiger charge is -2.30. The zero-order valence-corrected chi connectivity index (χ0v) is 23.0. The third kappa shape index (κ3) is 5.12. The first-order valence-electron chi connectivity index (χ1n) is 13.5. The average Bonchev–Trinajstić information content (AvgIpc) is 3.58. The number of carbonyl (C=O) groups excluding carboxylic acids is 2. The number of benzene rings is 3. The smallest absolute Gasteiger partial charge is 0.243 e. The molecule has 1 atom stereocenters. The predicted octanol–water partition coefficient (Wildman–Crippen LogP) is 4.43. The normalized spacial score (nSPS) is 18.9. The summed E-state index contributed by atoms with van der Waals surface area (Å²) in [4.78, 5) is 35.3. The molecule has 0 aliphatic carbocycles. The van der Waals surface area contributed by atoms with Gasteiger partial charge in [-0.05, 0) is 68.3 Å². The first kappa shape index (κ1) is 26.2. The van der Waals surface area contributed by atoms with Crippen molar-refractivity contribution in [3.63, 3.8) is 0 Å². The number of imidazole rings is 1. The number of aromatic amines is 1. The highest BCUT2D eigenvalue weighted by Gasteiger charge is 2.35. The molecule has 0 bridgehead atoms. The summed E-state index contributed by atoms with van der Waals surface area (Å²) in [5, 5.41) is 2.84. The quantitative estimate of drug-likeness (QED) is 0.364. The number of piperidine rings is 1. The van der Waals surface area contributed by atoms with E-state index in [1.165, 1.54) is 16.4 Å². The Kier molecular flexibility index (Phi) is 6.89. The second kappa shape index (κ2) is 10.5. The summed E-state index contributed by atoms with van der Waals surface area (Å²) in [7, 11) is -3.66. The number of hydrogen-bond acceptors (Lipinski definition) is 5. The van der Waals surface area contributed by atoms with Gasteiger partial charge in [0, 0.05) is 43.3 Å². The van der Waals surface area contributed by atoms with E-state index in [-0.39, 0.29) is 29.0 Å². The number of amides is 2. The minimum Gasteiger partial charge on any atom is -0.342 e. The van der Waals surface area contributed by atoms with Crippen LogP contribution in [-0.4, -0.2) is 54.1 Å². The van der Waals surface area contributed by atoms with Gasteiger partial charge in [-0.1, -0.05) is 29.8 Å². The van der Waals surface area contributed by atoms with Crippen LogP contribution >= 0.6 is 0 Å². The Morgan fingerprint density at radius 3 is 2.38 bits per heavy atom. The van der Waals surface area contributed by atoms with Crippen molar-refractivity contribution < 1.29 is 18.0 Å². The topological polar surface area (TPSA) is 115 Å². The van der Waals surface area contributed by atoms with Crippen molar-refractivity contribution >= 4 is 44.2 Å². The van der Waals surface area contributed by atoms with Gasteiger partial charge in [-0.25, -0.2) is 13.4 Å². The van der Waals surface area contributed by atoms with E-state index in [1.54, 1.807) is 17.0 Å². The number of rotatable bonds is 6. The molecule has 10 heteroatoms. The SMILES string of the molecule is Cc1ccc(N2CC(C(=O)Nc3ccc(S(=O)(=O)N4CCC(c5nc6ccccc6[nH]5)CC4)cc3)CC2=O)cc1. The molecule has 2 aliphatic rings. The summed E-state index contributed by atoms with van der Waals surface area (Å²) < 4.78 is 28.1. The van der Waals surface area contributed by atoms with Crippen molar-refractivity contribution in [3.05, 3.63) is 84.2 Å². The van der Waals surface area contributed by atoms with Crippen LogP contribution in [-0.2, 0) is 19.6 Å². The maximum Gasteiger partial charge on any atom is 0.243 e. The molecule has 3 heterocycles. The van der Waals surface area contributed by atoms with E-state index < -0.39 is 15.9 Å². The van der Waals surface area contributed by atoms with Crippen molar-refractivity contribution in [1.82, 2.24) is 14.3 Å². The van der Waals surface area contributed by atoms with Crippen molar-refractivity contribution in [3.8, 4) is 0 Å². The van der Waals surface area contributed by atoms with Crippen LogP contribution in [0.15, 0.2) is 77.7 Å². The Morgan fingerprint density at radius 2 is 1.68 bits per heavy atom. The van der Waals surface area contributed by atoms with E-state index in [0.29, 0.717) is 38.2 Å². The van der Waals surface area contributed by atoms with Gasteiger partial charge >= 0.3 is 0 Å². The number of sulfonamides is 1. The zero-order valence-electron chi connectivity index (χ0n) is 22.2. The first-order chi connectivity index (χ1) is 19.3. The number of aryl methyl sites for hydroxylation is 1. The van der Waals surface area contributed by atoms with Gasteiger partial charge in [0.1, 0.15) is 5.82 Å². The maximum atomic E-state index is 13.3. The molecule has 0 spiro atoms. The predicted molar refractivity (Wildman–Crippen MR) is 154 cm³/mol. The van der Waals surface area contributed by atoms with Crippen LogP contribution < -0.4 is 10.2 Å². The van der Waals surface area contributed by atoms with Crippen molar-refractivity contribution in [2.75, 3.05) is 29.9 Å². The molecule has 9 nitrogen and oxygen atoms in total. The minimum absolute atomic E-state index is 0.0884. The lowest BCUT2D eigenvalue weighted by molar-refractivity contribution is -0.122. The highest BCUT2D eigenvalue weighted by molar-refractivity contribution is 7.89. The van der Waals surface area contributed by atoms with Crippen LogP contribution in [0.4, 0.5) is 11.4 Å². The van der Waals surface area contributed by atoms with Crippen LogP contribution in [0.3, 0.4) is 0 Å². The summed E-state index contributed by atoms with van der Waals surface area (Å²) in [5.74, 6) is 0.260. The van der Waals surface area contributed by atoms with Crippen molar-refractivity contribution in [2.45, 2.75) is 37.0 Å². The molecule has 2 amide bonds. The molecule has 1 unspecified atom stereocenters. The number of para-hydroxylation sites is 2. The molecular weight excluding hydrogens is 526 g/mol. The van der Waals surface area contributed by atoms with Crippen LogP contribution in [0.2, 0.25) is 0 Å². The summed E-state index contributed by atoms with van der Waals surface area (Å²) in [6, 6.07) is 21.8. The van der Waals surface area contributed by atoms with Gasteiger partial charge in [0.2, 0.25) is 21.8 Å². The number of nitrogens with zero attached hydrogens (tertiary/aromatic N) is 3. The molecule has 40 heavy (non-hydrogen) atoms. The summed E-state index contributed by atoms with van der Waals surface area (Å²) in [6.45, 7) is 3.11. The fraction of sp³-hybridized carbons (Fsp3) is 0.300. The molecule has 2 fully saturated rings. The molecule has 3 aromatic carbocycles. The standard InChI is InChI=1S/C30H31N5O4S/c1-20-6-10-24(11-7-20)35-19-22(18-28(35)36)30(37)31-23-8-12-25(13-9-23)40(38,39)34-16-14-21(15-17-34)29-32-26-4-2-3-5-27(26)33-29/h2-13,21-22H,14-19H2,1H3,(H,31,37)(H,32,33). The van der Waals surface area contributed by atoms with Gasteiger partial charge in [0.25, 0.3) is 0 Å². The molecule has 2 saturated heterocycles. The summed E-state index contributed by atoms with van der Waals surface area (Å²) in [5.41, 5.74) is 4.28. The zero-order chi connectivity index (χ0) is 27.9. The van der Waals surface area contributed by atoms with Crippen LogP contribution in [0.25, 0.3) is 11.0 Å². The fourth-order valence-electron chi connectivity index (χ4n) is 5.50. The van der Waals surface area contributed by atoms with E-state index in [2.05, 4.69) is 10.3 Å². The Balaban J connectivity index is 1.06. The lowest BCUT2D eigenvalue weighted by atomic mass is 9.97. The largest absolute Gasteiger partial charge is 0.342 e. The number of H-pyrrole nitrogens is 1. The van der Waals surface area contributed by atoms with Gasteiger partial charge in [-0.15, -0.1) is 0 Å². The Bertz CT molecular complexity index is 1620. The Hall–Kier alpha value is -4.02. The van der Waals surface area contributed by atoms with Crippen LogP contribution in [0, 0.1) is 12.8 Å². The van der Waals surface area contributed by atoms with E-state index >= 15 is 0 Å². The van der Waals surface area contributed by atoms with Gasteiger partial charge in [-0.3, -0.25) is 9.59 Å². The highest BCUT2D eigenvalue weighted by atomic mass is 32.2. The summed E-state index contributed by atoms with van der Waals surface area (Å²) >= 11 is 0. The monoisotopic (exact) mass is 557 g/mol. The molecule has 4 aromatic rings. The van der Waals surface area contributed by atoms with Gasteiger partial charge in [-0.2, -0.15) is 4.31 Å². The molecule has 0 saturated carbocycles. The number of carbonyl (C=O) groups is 2. The molecule has 6 rings (SSSR count). The van der Waals surface area contributed by atoms with Gasteiger partial charge in [0.05, 0.1) is 21.8 Å². The molecule has 206 valence electrons. The first-order valence-corrected chi connectivity index (χ1v) is 14.9. The molecule has 0 radical (unpaired) electrons. The molecule has 2 aliphatic heterocycles. The van der Waals surface area contributed by atoms with Gasteiger partial charge in [0.15, 0.2) is 0 Å². The second-order valence-electron chi connectivity index (χ2n) is 10.6. The third-order valence-electron chi connectivity index (χ3n) is 7.85. The van der Waals surface area contributed by atoms with E-state index in [4.69, 9.17) is 4.98 Å². The Labute approximate surface area is 233 Å². The maximum absolute atomic E-state index is 13.3. The molecule has 1 aromatic heterocycles.